The number of hydrogen-bond acceptors (Lipinski definition) is 7. The molecule has 1 amide bonds. The molecule has 0 atom stereocenters. The van der Waals surface area contributed by atoms with Gasteiger partial charge >= 0.3 is 0 Å². The lowest BCUT2D eigenvalue weighted by atomic mass is 10.2. The van der Waals surface area contributed by atoms with E-state index in [1.807, 2.05) is 60.8 Å². The predicted molar refractivity (Wildman–Crippen MR) is 125 cm³/mol. The average Bonchev–Trinajstić information content (AvgIpc) is 3.42. The Kier molecular flexibility index (Phi) is 6.79. The van der Waals surface area contributed by atoms with Gasteiger partial charge in [0.2, 0.25) is 5.91 Å². The number of ether oxygens (including phenoxy) is 2. The smallest absolute Gasteiger partial charge is 0.226 e. The Balaban J connectivity index is 1.34. The van der Waals surface area contributed by atoms with Crippen LogP contribution in [0.15, 0.2) is 63.2 Å². The number of furan rings is 1. The molecule has 2 aromatic heterocycles. The maximum Gasteiger partial charge on any atom is 0.226 e. The molecule has 0 aliphatic carbocycles. The van der Waals surface area contributed by atoms with Crippen LogP contribution in [0.5, 0.6) is 11.5 Å². The number of amides is 1. The van der Waals surface area contributed by atoms with Gasteiger partial charge in [0.15, 0.2) is 22.2 Å². The Morgan fingerprint density at radius 2 is 2.06 bits per heavy atom. The molecule has 4 aromatic rings. The second kappa shape index (κ2) is 9.89. The zero-order valence-corrected chi connectivity index (χ0v) is 18.8. The number of nitrogens with one attached hydrogen (secondary N) is 1. The number of rotatable bonds is 9. The molecular formula is C23H22N2O4S2. The number of para-hydroxylation sites is 1. The summed E-state index contributed by atoms with van der Waals surface area (Å²) >= 11 is 3.00. The van der Waals surface area contributed by atoms with Crippen molar-refractivity contribution in [1.29, 1.82) is 0 Å². The maximum absolute atomic E-state index is 12.3. The highest BCUT2D eigenvalue weighted by Crippen LogP contribution is 2.34. The Labute approximate surface area is 188 Å². The molecule has 6 nitrogen and oxygen atoms in total. The van der Waals surface area contributed by atoms with Crippen LogP contribution in [0, 0.1) is 0 Å². The van der Waals surface area contributed by atoms with Crippen LogP contribution in [0.2, 0.25) is 0 Å². The summed E-state index contributed by atoms with van der Waals surface area (Å²) in [6.07, 6.45) is 0.397. The van der Waals surface area contributed by atoms with Gasteiger partial charge in [-0.05, 0) is 43.3 Å². The first-order valence-corrected chi connectivity index (χ1v) is 11.7. The van der Waals surface area contributed by atoms with Gasteiger partial charge in [-0.2, -0.15) is 0 Å². The molecule has 0 radical (unpaired) electrons. The molecule has 1 N–H and O–H groups in total. The molecule has 160 valence electrons. The molecule has 0 saturated carbocycles. The van der Waals surface area contributed by atoms with E-state index in [0.717, 1.165) is 16.0 Å². The third-order valence-corrected chi connectivity index (χ3v) is 6.24. The quantitative estimate of drug-likeness (QED) is 0.309. The fraction of sp³-hybridized carbons (Fsp3) is 0.217. The van der Waals surface area contributed by atoms with Crippen LogP contribution in [-0.4, -0.2) is 30.4 Å². The molecule has 0 aliphatic rings. The van der Waals surface area contributed by atoms with E-state index < -0.39 is 0 Å². The number of methoxy groups -OCH3 is 1. The van der Waals surface area contributed by atoms with Crippen molar-refractivity contribution in [2.75, 3.05) is 24.8 Å². The largest absolute Gasteiger partial charge is 0.497 e. The second-order valence-corrected chi connectivity index (χ2v) is 8.60. The van der Waals surface area contributed by atoms with Crippen molar-refractivity contribution in [3.63, 3.8) is 0 Å². The van der Waals surface area contributed by atoms with Gasteiger partial charge in [-0.15, -0.1) is 23.1 Å². The summed E-state index contributed by atoms with van der Waals surface area (Å²) in [5, 5.41) is 6.25. The van der Waals surface area contributed by atoms with Crippen LogP contribution in [0.25, 0.3) is 22.4 Å². The van der Waals surface area contributed by atoms with Crippen molar-refractivity contribution in [2.24, 2.45) is 0 Å². The second-order valence-electron chi connectivity index (χ2n) is 6.58. The summed E-state index contributed by atoms with van der Waals surface area (Å²) < 4.78 is 16.8. The topological polar surface area (TPSA) is 73.6 Å². The maximum atomic E-state index is 12.3. The zero-order valence-electron chi connectivity index (χ0n) is 17.2. The van der Waals surface area contributed by atoms with Gasteiger partial charge in [0.1, 0.15) is 11.4 Å². The highest BCUT2D eigenvalue weighted by molar-refractivity contribution is 7.99. The van der Waals surface area contributed by atoms with Crippen molar-refractivity contribution < 1.29 is 18.7 Å². The molecule has 2 heterocycles. The van der Waals surface area contributed by atoms with Crippen molar-refractivity contribution in [2.45, 2.75) is 18.2 Å². The molecule has 0 fully saturated rings. The Morgan fingerprint density at radius 1 is 1.23 bits per heavy atom. The Hall–Kier alpha value is -2.97. The van der Waals surface area contributed by atoms with E-state index in [2.05, 4.69) is 10.3 Å². The Bertz CT molecular complexity index is 1170. The van der Waals surface area contributed by atoms with Crippen molar-refractivity contribution >= 4 is 45.1 Å². The fourth-order valence-electron chi connectivity index (χ4n) is 2.99. The number of carbonyl (C=O) groups excluding carboxylic acids is 1. The van der Waals surface area contributed by atoms with Gasteiger partial charge in [0.25, 0.3) is 0 Å². The first-order chi connectivity index (χ1) is 15.2. The normalized spacial score (nSPS) is 10.9. The molecular weight excluding hydrogens is 432 g/mol. The van der Waals surface area contributed by atoms with Gasteiger partial charge in [0.05, 0.1) is 13.7 Å². The van der Waals surface area contributed by atoms with E-state index in [1.54, 1.807) is 18.9 Å². The van der Waals surface area contributed by atoms with E-state index in [1.165, 1.54) is 11.3 Å². The van der Waals surface area contributed by atoms with Crippen molar-refractivity contribution in [3.05, 3.63) is 53.9 Å². The van der Waals surface area contributed by atoms with Crippen molar-refractivity contribution in [3.8, 4) is 23.0 Å². The lowest BCUT2D eigenvalue weighted by Gasteiger charge is -2.04. The summed E-state index contributed by atoms with van der Waals surface area (Å²) in [5.74, 6) is 2.80. The molecule has 0 saturated heterocycles. The van der Waals surface area contributed by atoms with E-state index in [0.29, 0.717) is 46.7 Å². The van der Waals surface area contributed by atoms with Gasteiger partial charge in [-0.1, -0.05) is 12.1 Å². The molecule has 8 heteroatoms. The molecule has 0 aliphatic heterocycles. The number of thioether (sulfide) groups is 1. The standard InChI is InChI=1S/C23H22N2O4S2/c1-3-28-19-6-4-5-15-13-20(29-22(15)19)18-14-31-23(24-18)25-21(26)11-12-30-17-9-7-16(27-2)8-10-17/h4-10,13-14H,3,11-12H2,1-2H3,(H,24,25,26). The molecule has 0 bridgehead atoms. The predicted octanol–water partition coefficient (Wildman–Crippen LogP) is 6.08. The summed E-state index contributed by atoms with van der Waals surface area (Å²) in [5.41, 5.74) is 1.39. The third kappa shape index (κ3) is 5.21. The number of fused-ring (bicyclic) bond motifs is 1. The molecule has 4 rings (SSSR count). The van der Waals surface area contributed by atoms with E-state index in [4.69, 9.17) is 13.9 Å². The lowest BCUT2D eigenvalue weighted by Crippen LogP contribution is -2.11. The van der Waals surface area contributed by atoms with E-state index >= 15 is 0 Å². The highest BCUT2D eigenvalue weighted by Gasteiger charge is 2.14. The van der Waals surface area contributed by atoms with Gasteiger partial charge < -0.3 is 19.2 Å². The first kappa shape index (κ1) is 21.3. The van der Waals surface area contributed by atoms with Crippen LogP contribution in [0.4, 0.5) is 5.13 Å². The minimum atomic E-state index is -0.0647. The van der Waals surface area contributed by atoms with Crippen LogP contribution in [0.1, 0.15) is 13.3 Å². The van der Waals surface area contributed by atoms with Crippen molar-refractivity contribution in [1.82, 2.24) is 4.98 Å². The van der Waals surface area contributed by atoms with Crippen LogP contribution in [0.3, 0.4) is 0 Å². The number of benzene rings is 2. The monoisotopic (exact) mass is 454 g/mol. The average molecular weight is 455 g/mol. The molecule has 0 unspecified atom stereocenters. The summed E-state index contributed by atoms with van der Waals surface area (Å²) in [7, 11) is 1.64. The number of hydrogen-bond donors (Lipinski definition) is 1. The van der Waals surface area contributed by atoms with Gasteiger partial charge in [-0.25, -0.2) is 4.98 Å². The first-order valence-electron chi connectivity index (χ1n) is 9.84. The van der Waals surface area contributed by atoms with Crippen LogP contribution in [-0.2, 0) is 4.79 Å². The van der Waals surface area contributed by atoms with Gasteiger partial charge in [-0.3, -0.25) is 4.79 Å². The molecule has 2 aromatic carbocycles. The Morgan fingerprint density at radius 3 is 2.84 bits per heavy atom. The third-order valence-electron chi connectivity index (χ3n) is 4.47. The zero-order chi connectivity index (χ0) is 21.6. The van der Waals surface area contributed by atoms with E-state index in [9.17, 15) is 4.79 Å². The summed E-state index contributed by atoms with van der Waals surface area (Å²) in [6, 6.07) is 15.5. The number of anilines is 1. The van der Waals surface area contributed by atoms with Crippen LogP contribution >= 0.6 is 23.1 Å². The number of aromatic nitrogens is 1. The summed E-state index contributed by atoms with van der Waals surface area (Å²) in [6.45, 7) is 2.51. The highest BCUT2D eigenvalue weighted by atomic mass is 32.2. The molecule has 31 heavy (non-hydrogen) atoms. The summed E-state index contributed by atoms with van der Waals surface area (Å²) in [4.78, 5) is 17.9. The number of carbonyl (C=O) groups is 1. The van der Waals surface area contributed by atoms with Crippen LogP contribution < -0.4 is 14.8 Å². The fourth-order valence-corrected chi connectivity index (χ4v) is 4.56. The van der Waals surface area contributed by atoms with E-state index in [-0.39, 0.29) is 5.91 Å². The van der Waals surface area contributed by atoms with Gasteiger partial charge in [0, 0.05) is 27.8 Å². The number of thiazole rings is 1. The number of nitrogens with zero attached hydrogens (tertiary/aromatic N) is 1. The minimum absolute atomic E-state index is 0.0647. The molecule has 0 spiro atoms. The minimum Gasteiger partial charge on any atom is -0.497 e. The SMILES string of the molecule is CCOc1cccc2cc(-c3csc(NC(=O)CCSc4ccc(OC)cc4)n3)oc12. The lowest BCUT2D eigenvalue weighted by molar-refractivity contribution is -0.115.